The highest BCUT2D eigenvalue weighted by molar-refractivity contribution is 7.06. The van der Waals surface area contributed by atoms with Gasteiger partial charge in [-0.05, 0) is 58.1 Å². The summed E-state index contributed by atoms with van der Waals surface area (Å²) in [5, 5.41) is 2.78. The number of pyridine rings is 1. The van der Waals surface area contributed by atoms with Crippen LogP contribution in [0.25, 0.3) is 0 Å². The first-order valence-electron chi connectivity index (χ1n) is 13.0. The minimum atomic E-state index is -4.58. The summed E-state index contributed by atoms with van der Waals surface area (Å²) < 4.78 is 53.9. The molecule has 0 unspecified atom stereocenters. The monoisotopic (exact) mass is 592 g/mol. The summed E-state index contributed by atoms with van der Waals surface area (Å²) in [6.45, 7) is 8.76. The molecule has 10 nitrogen and oxygen atoms in total. The first kappa shape index (κ1) is 30.2. The molecule has 1 atom stereocenters. The molecule has 4 rings (SSSR count). The lowest BCUT2D eigenvalue weighted by molar-refractivity contribution is -0.141. The van der Waals surface area contributed by atoms with Crippen molar-refractivity contribution in [1.82, 2.24) is 24.2 Å². The Labute approximate surface area is 239 Å². The third kappa shape index (κ3) is 8.35. The molecule has 2 amide bonds. The Morgan fingerprint density at radius 2 is 1.90 bits per heavy atom. The van der Waals surface area contributed by atoms with Crippen LogP contribution in [0.5, 0.6) is 5.88 Å². The second-order valence-electron chi connectivity index (χ2n) is 10.7. The normalized spacial score (nSPS) is 15.9. The van der Waals surface area contributed by atoms with E-state index in [4.69, 9.17) is 9.47 Å². The molecular formula is C27H31F3N6O4S. The van der Waals surface area contributed by atoms with Crippen LogP contribution >= 0.6 is 11.5 Å². The van der Waals surface area contributed by atoms with Crippen molar-refractivity contribution < 1.29 is 32.2 Å². The second-order valence-corrected chi connectivity index (χ2v) is 11.6. The summed E-state index contributed by atoms with van der Waals surface area (Å²) in [4.78, 5) is 39.2. The smallest absolute Gasteiger partial charge is 0.434 e. The van der Waals surface area contributed by atoms with Crippen LogP contribution in [0.3, 0.4) is 0 Å². The summed E-state index contributed by atoms with van der Waals surface area (Å²) in [7, 11) is 0. The highest BCUT2D eigenvalue weighted by Crippen LogP contribution is 2.28. The van der Waals surface area contributed by atoms with Crippen LogP contribution in [-0.4, -0.2) is 61.5 Å². The van der Waals surface area contributed by atoms with E-state index in [0.29, 0.717) is 53.6 Å². The lowest BCUT2D eigenvalue weighted by Crippen LogP contribution is -2.44. The van der Waals surface area contributed by atoms with Gasteiger partial charge in [0.25, 0.3) is 5.91 Å². The Hall–Kier alpha value is -3.81. The molecule has 0 spiro atoms. The number of hydrogen-bond acceptors (Lipinski definition) is 9. The lowest BCUT2D eigenvalue weighted by atomic mass is 9.99. The number of ether oxygens (including phenoxy) is 2. The number of carbonyl (C=O) groups is 2. The summed E-state index contributed by atoms with van der Waals surface area (Å²) in [5.41, 5.74) is -0.107. The molecule has 1 aliphatic heterocycles. The van der Waals surface area contributed by atoms with Crippen LogP contribution in [0, 0.1) is 12.8 Å². The van der Waals surface area contributed by atoms with Crippen LogP contribution in [0.1, 0.15) is 65.9 Å². The minimum absolute atomic E-state index is 0.108. The van der Waals surface area contributed by atoms with Crippen LogP contribution < -0.4 is 10.1 Å². The van der Waals surface area contributed by atoms with E-state index in [0.717, 1.165) is 30.6 Å². The van der Waals surface area contributed by atoms with Gasteiger partial charge in [-0.2, -0.15) is 17.5 Å². The molecule has 3 aromatic heterocycles. The average molecular weight is 593 g/mol. The lowest BCUT2D eigenvalue weighted by Gasteiger charge is -2.33. The zero-order chi connectivity index (χ0) is 29.8. The number of nitrogens with zero attached hydrogens (tertiary/aromatic N) is 5. The Morgan fingerprint density at radius 3 is 2.54 bits per heavy atom. The molecule has 1 fully saturated rings. The molecule has 0 bridgehead atoms. The number of amides is 2. The number of anilines is 1. The van der Waals surface area contributed by atoms with Gasteiger partial charge in [0.1, 0.15) is 5.60 Å². The first-order chi connectivity index (χ1) is 19.3. The van der Waals surface area contributed by atoms with Crippen molar-refractivity contribution in [3.63, 3.8) is 0 Å². The summed E-state index contributed by atoms with van der Waals surface area (Å²) in [5.74, 6) is 0.0951. The number of nitrogens with one attached hydrogen (secondary N) is 1. The van der Waals surface area contributed by atoms with Crippen molar-refractivity contribution in [2.45, 2.75) is 58.7 Å². The van der Waals surface area contributed by atoms with E-state index in [9.17, 15) is 22.8 Å². The van der Waals surface area contributed by atoms with Crippen molar-refractivity contribution in [1.29, 1.82) is 0 Å². The number of carbonyl (C=O) groups excluding carboxylic acids is 2. The van der Waals surface area contributed by atoms with Crippen LogP contribution in [0.4, 0.5) is 23.7 Å². The molecule has 3 aromatic rings. The summed E-state index contributed by atoms with van der Waals surface area (Å²) in [6.07, 6.45) is 0.164. The molecule has 1 N–H and O–H groups in total. The van der Waals surface area contributed by atoms with Gasteiger partial charge in [-0.25, -0.2) is 14.8 Å². The van der Waals surface area contributed by atoms with Gasteiger partial charge < -0.3 is 19.7 Å². The van der Waals surface area contributed by atoms with Crippen molar-refractivity contribution in [3.05, 3.63) is 58.2 Å². The third-order valence-electron chi connectivity index (χ3n) is 6.13. The summed E-state index contributed by atoms with van der Waals surface area (Å²) in [6, 6.07) is 3.30. The van der Waals surface area contributed by atoms with E-state index >= 15 is 0 Å². The van der Waals surface area contributed by atoms with Gasteiger partial charge in [0.05, 0.1) is 41.6 Å². The van der Waals surface area contributed by atoms with E-state index in [1.165, 1.54) is 6.20 Å². The van der Waals surface area contributed by atoms with Gasteiger partial charge in [-0.15, -0.1) is 0 Å². The van der Waals surface area contributed by atoms with Gasteiger partial charge in [0, 0.05) is 42.6 Å². The van der Waals surface area contributed by atoms with E-state index in [1.54, 1.807) is 24.0 Å². The van der Waals surface area contributed by atoms with Gasteiger partial charge in [-0.3, -0.25) is 9.78 Å². The standard InChI is InChI=1S/C27H31F3N6O4S/c1-16-23(20(41-35-16)10-19-12-32-21(13-31-19)27(28,29)30)24(37)34-18-7-8-22(33-11-18)39-15-17-6-5-9-36(14-17)25(38)40-26(2,3)4/h7-8,11-13,17H,5-6,9-10,14-15H2,1-4H3,(H,34,37)/t17-/m1/s1. The van der Waals surface area contributed by atoms with Crippen LogP contribution in [-0.2, 0) is 17.3 Å². The Balaban J connectivity index is 1.32. The van der Waals surface area contributed by atoms with Crippen LogP contribution in [0.2, 0.25) is 0 Å². The predicted molar refractivity (Wildman–Crippen MR) is 145 cm³/mol. The number of aryl methyl sites for hydroxylation is 1. The fourth-order valence-corrected chi connectivity index (χ4v) is 5.10. The largest absolute Gasteiger partial charge is 0.477 e. The van der Waals surface area contributed by atoms with Gasteiger partial charge in [0.15, 0.2) is 5.69 Å². The van der Waals surface area contributed by atoms with Crippen molar-refractivity contribution in [2.75, 3.05) is 25.0 Å². The van der Waals surface area contributed by atoms with E-state index in [1.807, 2.05) is 20.8 Å². The second kappa shape index (κ2) is 12.4. The van der Waals surface area contributed by atoms with E-state index < -0.39 is 23.4 Å². The quantitative estimate of drug-likeness (QED) is 0.381. The molecule has 0 aromatic carbocycles. The summed E-state index contributed by atoms with van der Waals surface area (Å²) >= 11 is 1.08. The zero-order valence-electron chi connectivity index (χ0n) is 23.1. The Kier molecular flexibility index (Phi) is 9.10. The highest BCUT2D eigenvalue weighted by Gasteiger charge is 2.33. The first-order valence-corrected chi connectivity index (χ1v) is 13.8. The molecule has 14 heteroatoms. The molecule has 1 aliphatic rings. The van der Waals surface area contributed by atoms with Crippen molar-refractivity contribution >= 4 is 29.2 Å². The maximum atomic E-state index is 13.1. The minimum Gasteiger partial charge on any atom is -0.477 e. The molecular weight excluding hydrogens is 561 g/mol. The van der Waals surface area contributed by atoms with Gasteiger partial charge in [0.2, 0.25) is 5.88 Å². The van der Waals surface area contributed by atoms with Crippen LogP contribution in [0.15, 0.2) is 30.7 Å². The van der Waals surface area contributed by atoms with Gasteiger partial charge >= 0.3 is 12.3 Å². The SMILES string of the molecule is Cc1nsc(Cc2cnc(C(F)(F)F)cn2)c1C(=O)Nc1ccc(OC[C@@H]2CCCN(C(=O)OC(C)(C)C)C2)nc1. The molecule has 220 valence electrons. The number of likely N-dealkylation sites (tertiary alicyclic amines) is 1. The van der Waals surface area contributed by atoms with E-state index in [2.05, 4.69) is 24.6 Å². The third-order valence-corrected chi connectivity index (χ3v) is 7.06. The molecule has 0 radical (unpaired) electrons. The Bertz CT molecular complexity index is 1360. The molecule has 1 saturated heterocycles. The fourth-order valence-electron chi connectivity index (χ4n) is 4.22. The molecule has 4 heterocycles. The molecule has 41 heavy (non-hydrogen) atoms. The maximum absolute atomic E-state index is 13.1. The molecule has 0 saturated carbocycles. The average Bonchev–Trinajstić information content (AvgIpc) is 3.27. The zero-order valence-corrected chi connectivity index (χ0v) is 23.9. The molecule has 0 aliphatic carbocycles. The highest BCUT2D eigenvalue weighted by atomic mass is 32.1. The van der Waals surface area contributed by atoms with E-state index in [-0.39, 0.29) is 24.1 Å². The number of piperidine rings is 1. The maximum Gasteiger partial charge on any atom is 0.434 e. The number of hydrogen-bond donors (Lipinski definition) is 1. The Morgan fingerprint density at radius 1 is 1.12 bits per heavy atom. The number of rotatable bonds is 7. The fraction of sp³-hybridized carbons (Fsp3) is 0.481. The van der Waals surface area contributed by atoms with Crippen molar-refractivity contribution in [3.8, 4) is 5.88 Å². The van der Waals surface area contributed by atoms with Gasteiger partial charge in [-0.1, -0.05) is 0 Å². The number of halogens is 3. The van der Waals surface area contributed by atoms with Crippen molar-refractivity contribution in [2.24, 2.45) is 5.92 Å². The number of aromatic nitrogens is 4. The predicted octanol–water partition coefficient (Wildman–Crippen LogP) is 5.52. The number of alkyl halides is 3. The topological polar surface area (TPSA) is 119 Å².